The normalized spacial score (nSPS) is 11.5. The lowest BCUT2D eigenvalue weighted by molar-refractivity contribution is -0.276. The summed E-state index contributed by atoms with van der Waals surface area (Å²) in [5.74, 6) is -0.579. The molecule has 0 amide bonds. The van der Waals surface area contributed by atoms with Crippen LogP contribution < -0.4 is 10.3 Å². The molecule has 15 heavy (non-hydrogen) atoms. The number of nitrogens with one attached hydrogen (secondary N) is 1. The summed E-state index contributed by atoms with van der Waals surface area (Å²) in [6, 6.07) is 1.33. The Morgan fingerprint density at radius 3 is 2.60 bits per heavy atom. The molecule has 1 N–H and O–H groups in total. The Kier molecular flexibility index (Phi) is 4.04. The summed E-state index contributed by atoms with van der Waals surface area (Å²) in [5.41, 5.74) is -0.379. The van der Waals surface area contributed by atoms with Crippen LogP contribution in [0.2, 0.25) is 0 Å². The number of hydrogen-bond acceptors (Lipinski definition) is 2. The lowest BCUT2D eigenvalue weighted by atomic mass is 10.3. The average molecular weight is 398 g/mol. The van der Waals surface area contributed by atoms with Gasteiger partial charge in [0.1, 0.15) is 0 Å². The first kappa shape index (κ1) is 12.8. The molecule has 1 heterocycles. The van der Waals surface area contributed by atoms with Crippen molar-refractivity contribution in [2.24, 2.45) is 0 Å². The standard InChI is InChI=1S/C7H4BrF3INO2/c8-2-3-1-4(12)5(14)13-6(3)15-7(9,10)11/h1H,2H2,(H,13,14). The van der Waals surface area contributed by atoms with Crippen molar-refractivity contribution < 1.29 is 17.9 Å². The number of alkyl halides is 4. The molecule has 1 rings (SSSR count). The first-order valence-electron chi connectivity index (χ1n) is 3.57. The highest BCUT2D eigenvalue weighted by Gasteiger charge is 2.32. The van der Waals surface area contributed by atoms with Crippen molar-refractivity contribution in [2.75, 3.05) is 0 Å². The van der Waals surface area contributed by atoms with E-state index >= 15 is 0 Å². The van der Waals surface area contributed by atoms with Crippen molar-refractivity contribution in [1.29, 1.82) is 0 Å². The minimum Gasteiger partial charge on any atom is -0.390 e. The molecule has 3 nitrogen and oxygen atoms in total. The summed E-state index contributed by atoms with van der Waals surface area (Å²) in [4.78, 5) is 13.1. The molecular weight excluding hydrogens is 394 g/mol. The van der Waals surface area contributed by atoms with Gasteiger partial charge < -0.3 is 4.74 Å². The third kappa shape index (κ3) is 3.67. The highest BCUT2D eigenvalue weighted by Crippen LogP contribution is 2.25. The molecule has 0 saturated heterocycles. The van der Waals surface area contributed by atoms with Crippen LogP contribution in [0.3, 0.4) is 0 Å². The van der Waals surface area contributed by atoms with Crippen molar-refractivity contribution in [3.8, 4) is 5.88 Å². The van der Waals surface area contributed by atoms with Crippen molar-refractivity contribution in [3.05, 3.63) is 25.6 Å². The lowest BCUT2D eigenvalue weighted by Crippen LogP contribution is -2.22. The Morgan fingerprint density at radius 2 is 2.13 bits per heavy atom. The quantitative estimate of drug-likeness (QED) is 0.616. The average Bonchev–Trinajstić information content (AvgIpc) is 2.08. The number of H-pyrrole nitrogens is 1. The zero-order valence-electron chi connectivity index (χ0n) is 6.99. The third-order valence-corrected chi connectivity index (χ3v) is 2.80. The third-order valence-electron chi connectivity index (χ3n) is 1.40. The molecule has 84 valence electrons. The van der Waals surface area contributed by atoms with Crippen LogP contribution in [0, 0.1) is 3.57 Å². The van der Waals surface area contributed by atoms with Crippen molar-refractivity contribution in [3.63, 3.8) is 0 Å². The van der Waals surface area contributed by atoms with Crippen LogP contribution in [0.4, 0.5) is 13.2 Å². The molecule has 0 aliphatic heterocycles. The summed E-state index contributed by atoms with van der Waals surface area (Å²) in [5, 5.41) is 0.158. The number of aromatic amines is 1. The van der Waals surface area contributed by atoms with E-state index in [2.05, 4.69) is 20.7 Å². The zero-order valence-corrected chi connectivity index (χ0v) is 10.7. The molecular formula is C7H4BrF3INO2. The molecule has 0 atom stereocenters. The number of aromatic nitrogens is 1. The molecule has 0 saturated carbocycles. The molecule has 0 aliphatic carbocycles. The SMILES string of the molecule is O=c1[nH]c(OC(F)(F)F)c(CBr)cc1I. The Bertz CT molecular complexity index is 418. The van der Waals surface area contributed by atoms with Crippen LogP contribution in [-0.4, -0.2) is 11.3 Å². The number of halogens is 5. The van der Waals surface area contributed by atoms with Gasteiger partial charge in [0.15, 0.2) is 0 Å². The molecule has 0 radical (unpaired) electrons. The van der Waals surface area contributed by atoms with Gasteiger partial charge in [-0.2, -0.15) is 0 Å². The van der Waals surface area contributed by atoms with Crippen LogP contribution in [0.15, 0.2) is 10.9 Å². The summed E-state index contributed by atoms with van der Waals surface area (Å²) in [7, 11) is 0. The molecule has 1 aromatic heterocycles. The highest BCUT2D eigenvalue weighted by atomic mass is 127. The lowest BCUT2D eigenvalue weighted by Gasteiger charge is -2.11. The topological polar surface area (TPSA) is 42.1 Å². The van der Waals surface area contributed by atoms with Crippen LogP contribution in [-0.2, 0) is 5.33 Å². The van der Waals surface area contributed by atoms with Crippen molar-refractivity contribution >= 4 is 38.5 Å². The van der Waals surface area contributed by atoms with E-state index in [1.165, 1.54) is 6.07 Å². The van der Waals surface area contributed by atoms with E-state index in [1.54, 1.807) is 22.6 Å². The molecule has 0 aliphatic rings. The molecule has 0 fully saturated rings. The minimum atomic E-state index is -4.81. The van der Waals surface area contributed by atoms with Crippen LogP contribution in [0.5, 0.6) is 5.88 Å². The van der Waals surface area contributed by atoms with E-state index < -0.39 is 17.8 Å². The second-order valence-corrected chi connectivity index (χ2v) is 4.21. The van der Waals surface area contributed by atoms with Crippen LogP contribution >= 0.6 is 38.5 Å². The fraction of sp³-hybridized carbons (Fsp3) is 0.286. The second-order valence-electron chi connectivity index (χ2n) is 2.48. The Labute approximate surface area is 104 Å². The van der Waals surface area contributed by atoms with Gasteiger partial charge in [-0.3, -0.25) is 9.78 Å². The number of ether oxygens (including phenoxy) is 1. The minimum absolute atomic E-state index is 0.158. The van der Waals surface area contributed by atoms with E-state index in [0.29, 0.717) is 3.57 Å². The molecule has 0 bridgehead atoms. The van der Waals surface area contributed by atoms with Crippen molar-refractivity contribution in [1.82, 2.24) is 4.98 Å². The number of pyridine rings is 1. The maximum atomic E-state index is 11.9. The van der Waals surface area contributed by atoms with E-state index in [1.807, 2.05) is 4.98 Å². The smallest absolute Gasteiger partial charge is 0.390 e. The van der Waals surface area contributed by atoms with E-state index in [4.69, 9.17) is 0 Å². The Hall–Kier alpha value is -0.250. The Balaban J connectivity index is 3.17. The van der Waals surface area contributed by atoms with Gasteiger partial charge in [-0.25, -0.2) is 0 Å². The number of hydrogen-bond donors (Lipinski definition) is 1. The Morgan fingerprint density at radius 1 is 1.53 bits per heavy atom. The molecule has 0 aromatic carbocycles. The largest absolute Gasteiger partial charge is 0.574 e. The van der Waals surface area contributed by atoms with E-state index in [-0.39, 0.29) is 10.9 Å². The highest BCUT2D eigenvalue weighted by molar-refractivity contribution is 14.1. The monoisotopic (exact) mass is 397 g/mol. The van der Waals surface area contributed by atoms with Gasteiger partial charge in [0.2, 0.25) is 5.88 Å². The number of rotatable bonds is 2. The molecule has 8 heteroatoms. The zero-order chi connectivity index (χ0) is 11.6. The molecule has 1 aromatic rings. The predicted octanol–water partition coefficient (Wildman–Crippen LogP) is 2.77. The first-order valence-corrected chi connectivity index (χ1v) is 5.77. The van der Waals surface area contributed by atoms with Gasteiger partial charge in [0.25, 0.3) is 5.56 Å². The van der Waals surface area contributed by atoms with Gasteiger partial charge in [-0.15, -0.1) is 13.2 Å². The van der Waals surface area contributed by atoms with Crippen LogP contribution in [0.25, 0.3) is 0 Å². The maximum Gasteiger partial charge on any atom is 0.574 e. The first-order chi connectivity index (χ1) is 6.83. The second kappa shape index (κ2) is 4.73. The van der Waals surface area contributed by atoms with Gasteiger partial charge in [-0.05, 0) is 28.7 Å². The van der Waals surface area contributed by atoms with Gasteiger partial charge in [-0.1, -0.05) is 15.9 Å². The van der Waals surface area contributed by atoms with Crippen molar-refractivity contribution in [2.45, 2.75) is 11.7 Å². The summed E-state index contributed by atoms with van der Waals surface area (Å²) in [6.07, 6.45) is -4.81. The molecule has 0 spiro atoms. The van der Waals surface area contributed by atoms with Gasteiger partial charge in [0.05, 0.1) is 3.57 Å². The summed E-state index contributed by atoms with van der Waals surface area (Å²) < 4.78 is 39.8. The molecule has 0 unspecified atom stereocenters. The fourth-order valence-electron chi connectivity index (χ4n) is 0.833. The van der Waals surface area contributed by atoms with E-state index in [9.17, 15) is 18.0 Å². The summed E-state index contributed by atoms with van der Waals surface area (Å²) in [6.45, 7) is 0. The fourth-order valence-corrected chi connectivity index (χ4v) is 1.76. The van der Waals surface area contributed by atoms with Crippen LogP contribution in [0.1, 0.15) is 5.56 Å². The van der Waals surface area contributed by atoms with Gasteiger partial charge in [0, 0.05) is 10.9 Å². The maximum absolute atomic E-state index is 11.9. The van der Waals surface area contributed by atoms with E-state index in [0.717, 1.165) is 0 Å². The van der Waals surface area contributed by atoms with Gasteiger partial charge >= 0.3 is 6.36 Å². The summed E-state index contributed by atoms with van der Waals surface area (Å²) >= 11 is 4.73. The predicted molar refractivity (Wildman–Crippen MR) is 59.1 cm³/mol.